The summed E-state index contributed by atoms with van der Waals surface area (Å²) in [4.78, 5) is 12.4. The van der Waals surface area contributed by atoms with Crippen molar-refractivity contribution in [2.45, 2.75) is 0 Å². The Balaban J connectivity index is 2.34. The smallest absolute Gasteiger partial charge is 0.266 e. The molecule has 0 aliphatic heterocycles. The minimum atomic E-state index is -0.480. The number of hydrogen-bond donors (Lipinski definition) is 1. The minimum Gasteiger partial charge on any atom is -0.493 e. The van der Waals surface area contributed by atoms with Crippen LogP contribution in [0.4, 0.5) is 5.69 Å². The summed E-state index contributed by atoms with van der Waals surface area (Å²) >= 11 is 5.57. The summed E-state index contributed by atoms with van der Waals surface area (Å²) in [5.74, 6) is 0.576. The highest BCUT2D eigenvalue weighted by molar-refractivity contribution is 14.1. The van der Waals surface area contributed by atoms with Gasteiger partial charge in [-0.25, -0.2) is 0 Å². The molecule has 25 heavy (non-hydrogen) atoms. The first-order chi connectivity index (χ1) is 12.0. The van der Waals surface area contributed by atoms with Gasteiger partial charge < -0.3 is 14.8 Å². The van der Waals surface area contributed by atoms with Crippen molar-refractivity contribution < 1.29 is 14.3 Å². The number of carbonyl (C=O) groups is 1. The lowest BCUT2D eigenvalue weighted by atomic mass is 10.1. The number of rotatable bonds is 5. The number of hydrogen-bond acceptors (Lipinski definition) is 4. The predicted molar refractivity (Wildman–Crippen MR) is 109 cm³/mol. The van der Waals surface area contributed by atoms with Gasteiger partial charge in [-0.1, -0.05) is 22.0 Å². The SMILES string of the molecule is COc1cc(Br)c(/C=C(\C#N)C(=O)Nc2cccc(I)c2)cc1OC. The lowest BCUT2D eigenvalue weighted by Gasteiger charge is -2.10. The largest absolute Gasteiger partial charge is 0.493 e. The van der Waals surface area contributed by atoms with E-state index in [1.807, 2.05) is 24.3 Å². The highest BCUT2D eigenvalue weighted by atomic mass is 127. The zero-order chi connectivity index (χ0) is 18.4. The molecular formula is C18H14BrIN2O3. The number of nitriles is 1. The number of amides is 1. The van der Waals surface area contributed by atoms with E-state index < -0.39 is 5.91 Å². The number of ether oxygens (including phenoxy) is 2. The fourth-order valence-corrected chi connectivity index (χ4v) is 3.03. The van der Waals surface area contributed by atoms with Crippen molar-refractivity contribution in [3.63, 3.8) is 0 Å². The Morgan fingerprint density at radius 2 is 1.92 bits per heavy atom. The van der Waals surface area contributed by atoms with Crippen LogP contribution < -0.4 is 14.8 Å². The minimum absolute atomic E-state index is 0.0215. The van der Waals surface area contributed by atoms with E-state index in [-0.39, 0.29) is 5.57 Å². The molecule has 2 aromatic carbocycles. The molecule has 0 bridgehead atoms. The fraction of sp³-hybridized carbons (Fsp3) is 0.111. The second-order valence-corrected chi connectivity index (χ2v) is 6.96. The Morgan fingerprint density at radius 3 is 2.52 bits per heavy atom. The average Bonchev–Trinajstić information content (AvgIpc) is 2.60. The molecular weight excluding hydrogens is 499 g/mol. The third-order valence-electron chi connectivity index (χ3n) is 3.25. The fourth-order valence-electron chi connectivity index (χ4n) is 2.05. The highest BCUT2D eigenvalue weighted by Gasteiger charge is 2.13. The van der Waals surface area contributed by atoms with Crippen molar-refractivity contribution in [3.8, 4) is 17.6 Å². The third kappa shape index (κ3) is 4.96. The number of benzene rings is 2. The van der Waals surface area contributed by atoms with Gasteiger partial charge in [0, 0.05) is 13.7 Å². The molecule has 0 aromatic heterocycles. The van der Waals surface area contributed by atoms with Crippen LogP contribution in [0, 0.1) is 14.9 Å². The Bertz CT molecular complexity index is 875. The van der Waals surface area contributed by atoms with E-state index in [4.69, 9.17) is 9.47 Å². The molecule has 0 aliphatic carbocycles. The van der Waals surface area contributed by atoms with Crippen molar-refractivity contribution in [2.75, 3.05) is 19.5 Å². The van der Waals surface area contributed by atoms with E-state index >= 15 is 0 Å². The summed E-state index contributed by atoms with van der Waals surface area (Å²) in [6.45, 7) is 0. The summed E-state index contributed by atoms with van der Waals surface area (Å²) in [6.07, 6.45) is 1.50. The number of methoxy groups -OCH3 is 2. The van der Waals surface area contributed by atoms with Crippen molar-refractivity contribution in [1.82, 2.24) is 0 Å². The molecule has 5 nitrogen and oxygen atoms in total. The number of nitrogens with zero attached hydrogens (tertiary/aromatic N) is 1. The molecule has 0 aliphatic rings. The molecule has 128 valence electrons. The third-order valence-corrected chi connectivity index (χ3v) is 4.61. The Hall–Kier alpha value is -2.05. The highest BCUT2D eigenvalue weighted by Crippen LogP contribution is 2.34. The number of anilines is 1. The Kier molecular flexibility index (Phi) is 6.84. The summed E-state index contributed by atoms with van der Waals surface area (Å²) < 4.78 is 12.1. The number of halogens is 2. The molecule has 0 heterocycles. The predicted octanol–water partition coefficient (Wildman–Crippen LogP) is 4.62. The standard InChI is InChI=1S/C18H14BrIN2O3/c1-24-16-7-11(15(19)9-17(16)25-2)6-12(10-21)18(23)22-14-5-3-4-13(20)8-14/h3-9H,1-2H3,(H,22,23)/b12-6+. The second kappa shape index (κ2) is 8.87. The Morgan fingerprint density at radius 1 is 1.24 bits per heavy atom. The first kappa shape index (κ1) is 19.3. The van der Waals surface area contributed by atoms with Crippen molar-refractivity contribution in [1.29, 1.82) is 5.26 Å². The van der Waals surface area contributed by atoms with Crippen LogP contribution in [0.15, 0.2) is 46.4 Å². The van der Waals surface area contributed by atoms with Crippen LogP contribution in [0.3, 0.4) is 0 Å². The average molecular weight is 513 g/mol. The van der Waals surface area contributed by atoms with Gasteiger partial charge in [-0.15, -0.1) is 0 Å². The van der Waals surface area contributed by atoms with Crippen molar-refractivity contribution >= 4 is 56.2 Å². The van der Waals surface area contributed by atoms with E-state index in [9.17, 15) is 10.1 Å². The van der Waals surface area contributed by atoms with E-state index in [1.165, 1.54) is 20.3 Å². The van der Waals surface area contributed by atoms with Gasteiger partial charge in [-0.05, 0) is 64.6 Å². The van der Waals surface area contributed by atoms with Crippen LogP contribution in [0.2, 0.25) is 0 Å². The molecule has 0 spiro atoms. The maximum atomic E-state index is 12.4. The summed E-state index contributed by atoms with van der Waals surface area (Å²) in [5.41, 5.74) is 1.24. The summed E-state index contributed by atoms with van der Waals surface area (Å²) in [5, 5.41) is 12.1. The number of nitrogens with one attached hydrogen (secondary N) is 1. The zero-order valence-electron chi connectivity index (χ0n) is 13.5. The molecule has 0 saturated carbocycles. The summed E-state index contributed by atoms with van der Waals surface area (Å²) in [6, 6.07) is 12.7. The molecule has 1 N–H and O–H groups in total. The van der Waals surface area contributed by atoms with Crippen LogP contribution in [0.25, 0.3) is 6.08 Å². The van der Waals surface area contributed by atoms with Gasteiger partial charge in [-0.2, -0.15) is 5.26 Å². The topological polar surface area (TPSA) is 71.3 Å². The van der Waals surface area contributed by atoms with Gasteiger partial charge in [-0.3, -0.25) is 4.79 Å². The maximum Gasteiger partial charge on any atom is 0.266 e. The van der Waals surface area contributed by atoms with Gasteiger partial charge in [0.25, 0.3) is 5.91 Å². The molecule has 0 saturated heterocycles. The molecule has 0 unspecified atom stereocenters. The van der Waals surface area contributed by atoms with Crippen LogP contribution in [0.1, 0.15) is 5.56 Å². The molecule has 2 rings (SSSR count). The van der Waals surface area contributed by atoms with Gasteiger partial charge in [0.15, 0.2) is 11.5 Å². The lowest BCUT2D eigenvalue weighted by molar-refractivity contribution is -0.112. The summed E-state index contributed by atoms with van der Waals surface area (Å²) in [7, 11) is 3.06. The van der Waals surface area contributed by atoms with E-state index in [0.717, 1.165) is 3.57 Å². The molecule has 7 heteroatoms. The Labute approximate surface area is 167 Å². The molecule has 2 aromatic rings. The van der Waals surface area contributed by atoms with Crippen LogP contribution >= 0.6 is 38.5 Å². The van der Waals surface area contributed by atoms with Crippen molar-refractivity contribution in [2.24, 2.45) is 0 Å². The lowest BCUT2D eigenvalue weighted by Crippen LogP contribution is -2.13. The van der Waals surface area contributed by atoms with Crippen LogP contribution in [-0.4, -0.2) is 20.1 Å². The van der Waals surface area contributed by atoms with E-state index in [1.54, 1.807) is 18.2 Å². The van der Waals surface area contributed by atoms with Crippen LogP contribution in [0.5, 0.6) is 11.5 Å². The second-order valence-electron chi connectivity index (χ2n) is 4.86. The maximum absolute atomic E-state index is 12.4. The molecule has 0 fully saturated rings. The van der Waals surface area contributed by atoms with Gasteiger partial charge >= 0.3 is 0 Å². The monoisotopic (exact) mass is 512 g/mol. The van der Waals surface area contributed by atoms with E-state index in [2.05, 4.69) is 43.8 Å². The normalized spacial score (nSPS) is 10.8. The number of carbonyl (C=O) groups excluding carboxylic acids is 1. The van der Waals surface area contributed by atoms with Gasteiger partial charge in [0.1, 0.15) is 11.6 Å². The molecule has 0 atom stereocenters. The van der Waals surface area contributed by atoms with Crippen LogP contribution in [-0.2, 0) is 4.79 Å². The van der Waals surface area contributed by atoms with Gasteiger partial charge in [0.2, 0.25) is 0 Å². The van der Waals surface area contributed by atoms with Crippen molar-refractivity contribution in [3.05, 3.63) is 55.6 Å². The first-order valence-electron chi connectivity index (χ1n) is 7.08. The van der Waals surface area contributed by atoms with Gasteiger partial charge in [0.05, 0.1) is 14.2 Å². The zero-order valence-corrected chi connectivity index (χ0v) is 17.2. The first-order valence-corrected chi connectivity index (χ1v) is 8.96. The molecule has 1 amide bonds. The molecule has 0 radical (unpaired) electrons. The quantitative estimate of drug-likeness (QED) is 0.360. The van der Waals surface area contributed by atoms with E-state index in [0.29, 0.717) is 27.2 Å².